The molecule has 3 aromatic rings. The first-order valence-corrected chi connectivity index (χ1v) is 11.8. The topological polar surface area (TPSA) is 89.8 Å². The van der Waals surface area contributed by atoms with Gasteiger partial charge in [0.15, 0.2) is 0 Å². The third kappa shape index (κ3) is 3.63. The molecule has 1 aliphatic carbocycles. The van der Waals surface area contributed by atoms with E-state index in [-0.39, 0.29) is 11.8 Å². The molecule has 34 heavy (non-hydrogen) atoms. The maximum Gasteiger partial charge on any atom is 0.311 e. The predicted octanol–water partition coefficient (Wildman–Crippen LogP) is 4.46. The van der Waals surface area contributed by atoms with Gasteiger partial charge in [-0.05, 0) is 48.1 Å². The molecule has 5 rings (SSSR count). The molecule has 0 radical (unpaired) electrons. The Morgan fingerprint density at radius 3 is 2.44 bits per heavy atom. The molecule has 2 aliphatic rings. The standard InChI is InChI=1S/C26H27ClN2O5/c1-29-19-10-11-21(33-2)23(27)18(19)12-20(29)24(30)28-26(13-34-14-26)17-8-6-16(7-9-17)22(25(31)32)15-4-3-5-15/h6-12,15,22H,3-5,13-14H2,1-2H3,(H,28,30)(H,31,32). The number of nitrogens with zero attached hydrogens (tertiary/aromatic N) is 1. The lowest BCUT2D eigenvalue weighted by molar-refractivity contribution is -0.141. The Morgan fingerprint density at radius 2 is 1.91 bits per heavy atom. The summed E-state index contributed by atoms with van der Waals surface area (Å²) < 4.78 is 12.6. The van der Waals surface area contributed by atoms with E-state index < -0.39 is 17.4 Å². The number of halogens is 1. The van der Waals surface area contributed by atoms with Crippen LogP contribution in [-0.4, -0.2) is 41.9 Å². The fourth-order valence-electron chi connectivity index (χ4n) is 5.03. The van der Waals surface area contributed by atoms with Crippen LogP contribution in [0.15, 0.2) is 42.5 Å². The second kappa shape index (κ2) is 8.64. The average Bonchev–Trinajstić information content (AvgIpc) is 3.11. The number of ether oxygens (including phenoxy) is 2. The van der Waals surface area contributed by atoms with Crippen molar-refractivity contribution in [2.75, 3.05) is 20.3 Å². The zero-order chi connectivity index (χ0) is 24.0. The minimum Gasteiger partial charge on any atom is -0.495 e. The van der Waals surface area contributed by atoms with Gasteiger partial charge in [-0.3, -0.25) is 9.59 Å². The minimum absolute atomic E-state index is 0.195. The molecule has 2 N–H and O–H groups in total. The quantitative estimate of drug-likeness (QED) is 0.518. The molecule has 8 heteroatoms. The number of carboxylic acids is 1. The molecule has 0 spiro atoms. The number of aromatic nitrogens is 1. The van der Waals surface area contributed by atoms with Gasteiger partial charge in [-0.15, -0.1) is 0 Å². The number of carbonyl (C=O) groups excluding carboxylic acids is 1. The number of carbonyl (C=O) groups is 2. The van der Waals surface area contributed by atoms with Crippen LogP contribution in [0.4, 0.5) is 0 Å². The Bertz CT molecular complexity index is 1260. The number of hydrogen-bond acceptors (Lipinski definition) is 4. The largest absolute Gasteiger partial charge is 0.495 e. The van der Waals surface area contributed by atoms with E-state index in [0.29, 0.717) is 29.7 Å². The highest BCUT2D eigenvalue weighted by Gasteiger charge is 2.43. The number of rotatable bonds is 7. The molecule has 1 atom stereocenters. The van der Waals surface area contributed by atoms with Crippen molar-refractivity contribution in [3.8, 4) is 5.75 Å². The molecule has 1 saturated carbocycles. The summed E-state index contributed by atoms with van der Waals surface area (Å²) >= 11 is 6.47. The second-order valence-electron chi connectivity index (χ2n) is 9.26. The first kappa shape index (κ1) is 22.7. The molecular formula is C26H27ClN2O5. The molecule has 1 saturated heterocycles. The van der Waals surface area contributed by atoms with Gasteiger partial charge in [0.25, 0.3) is 5.91 Å². The molecule has 178 valence electrons. The smallest absolute Gasteiger partial charge is 0.311 e. The summed E-state index contributed by atoms with van der Waals surface area (Å²) in [5.41, 5.74) is 2.34. The van der Waals surface area contributed by atoms with E-state index in [1.165, 1.54) is 0 Å². The Kier molecular flexibility index (Phi) is 5.78. The summed E-state index contributed by atoms with van der Waals surface area (Å²) in [7, 11) is 3.38. The summed E-state index contributed by atoms with van der Waals surface area (Å²) in [6, 6.07) is 13.0. The van der Waals surface area contributed by atoms with Gasteiger partial charge in [0.2, 0.25) is 0 Å². The van der Waals surface area contributed by atoms with Crippen LogP contribution in [-0.2, 0) is 22.1 Å². The first-order valence-electron chi connectivity index (χ1n) is 11.4. The molecule has 7 nitrogen and oxygen atoms in total. The van der Waals surface area contributed by atoms with E-state index in [1.54, 1.807) is 19.2 Å². The van der Waals surface area contributed by atoms with Crippen molar-refractivity contribution in [1.82, 2.24) is 9.88 Å². The summed E-state index contributed by atoms with van der Waals surface area (Å²) in [6.07, 6.45) is 2.99. The molecule has 1 aromatic heterocycles. The van der Waals surface area contributed by atoms with Gasteiger partial charge in [-0.25, -0.2) is 0 Å². The number of carboxylic acid groups (broad SMARTS) is 1. The average molecular weight is 483 g/mol. The Labute approximate surface area is 202 Å². The number of methoxy groups -OCH3 is 1. The molecule has 2 heterocycles. The highest BCUT2D eigenvalue weighted by molar-refractivity contribution is 6.37. The zero-order valence-corrected chi connectivity index (χ0v) is 19.9. The Balaban J connectivity index is 1.41. The lowest BCUT2D eigenvalue weighted by Gasteiger charge is -2.42. The predicted molar refractivity (Wildman–Crippen MR) is 129 cm³/mol. The summed E-state index contributed by atoms with van der Waals surface area (Å²) in [4.78, 5) is 25.2. The minimum atomic E-state index is -0.779. The number of hydrogen-bond donors (Lipinski definition) is 2. The molecule has 1 unspecified atom stereocenters. The summed E-state index contributed by atoms with van der Waals surface area (Å²) in [5.74, 6) is -0.751. The molecule has 0 bridgehead atoms. The van der Waals surface area contributed by atoms with Crippen molar-refractivity contribution in [1.29, 1.82) is 0 Å². The monoisotopic (exact) mass is 482 g/mol. The van der Waals surface area contributed by atoms with Crippen molar-refractivity contribution in [2.24, 2.45) is 13.0 Å². The van der Waals surface area contributed by atoms with Crippen LogP contribution in [0.2, 0.25) is 5.02 Å². The zero-order valence-electron chi connectivity index (χ0n) is 19.1. The summed E-state index contributed by atoms with van der Waals surface area (Å²) in [5, 5.41) is 14.1. The summed E-state index contributed by atoms with van der Waals surface area (Å²) in [6.45, 7) is 0.698. The number of fused-ring (bicyclic) bond motifs is 1. The highest BCUT2D eigenvalue weighted by atomic mass is 35.5. The van der Waals surface area contributed by atoms with Crippen LogP contribution in [0.3, 0.4) is 0 Å². The van der Waals surface area contributed by atoms with Crippen LogP contribution in [0.5, 0.6) is 5.75 Å². The maximum atomic E-state index is 13.3. The molecule has 2 aromatic carbocycles. The van der Waals surface area contributed by atoms with Crippen molar-refractivity contribution >= 4 is 34.4 Å². The van der Waals surface area contributed by atoms with E-state index in [0.717, 1.165) is 41.3 Å². The van der Waals surface area contributed by atoms with Gasteiger partial charge in [-0.1, -0.05) is 42.3 Å². The van der Waals surface area contributed by atoms with E-state index in [2.05, 4.69) is 5.32 Å². The maximum absolute atomic E-state index is 13.3. The van der Waals surface area contributed by atoms with Gasteiger partial charge >= 0.3 is 5.97 Å². The third-order valence-corrected chi connectivity index (χ3v) is 7.73. The van der Waals surface area contributed by atoms with Gasteiger partial charge < -0.3 is 24.5 Å². The van der Waals surface area contributed by atoms with E-state index in [9.17, 15) is 14.7 Å². The Morgan fingerprint density at radius 1 is 1.21 bits per heavy atom. The fourth-order valence-corrected chi connectivity index (χ4v) is 5.32. The van der Waals surface area contributed by atoms with Crippen molar-refractivity contribution < 1.29 is 24.2 Å². The van der Waals surface area contributed by atoms with Gasteiger partial charge in [0.05, 0.1) is 36.8 Å². The normalized spacial score (nSPS) is 18.1. The van der Waals surface area contributed by atoms with Gasteiger partial charge in [0, 0.05) is 12.4 Å². The van der Waals surface area contributed by atoms with Gasteiger partial charge in [0.1, 0.15) is 17.0 Å². The number of benzene rings is 2. The lowest BCUT2D eigenvalue weighted by atomic mass is 9.72. The number of aliphatic carboxylic acids is 1. The van der Waals surface area contributed by atoms with Crippen molar-refractivity contribution in [2.45, 2.75) is 30.7 Å². The SMILES string of the molecule is COc1ccc2c(cc(C(=O)NC3(c4ccc(C(C(=O)O)C5CCC5)cc4)COC3)n2C)c1Cl. The van der Waals surface area contributed by atoms with E-state index in [4.69, 9.17) is 21.1 Å². The molecule has 1 aliphatic heterocycles. The second-order valence-corrected chi connectivity index (χ2v) is 9.64. The molecular weight excluding hydrogens is 456 g/mol. The van der Waals surface area contributed by atoms with Crippen molar-refractivity contribution in [3.05, 3.63) is 64.3 Å². The Hall–Kier alpha value is -3.03. The van der Waals surface area contributed by atoms with Crippen molar-refractivity contribution in [3.63, 3.8) is 0 Å². The van der Waals surface area contributed by atoms with Crippen LogP contribution in [0.25, 0.3) is 10.9 Å². The van der Waals surface area contributed by atoms with Crippen LogP contribution < -0.4 is 10.1 Å². The van der Waals surface area contributed by atoms with E-state index >= 15 is 0 Å². The number of nitrogens with one attached hydrogen (secondary N) is 1. The lowest BCUT2D eigenvalue weighted by Crippen LogP contribution is -2.59. The van der Waals surface area contributed by atoms with Gasteiger partial charge in [-0.2, -0.15) is 0 Å². The molecule has 2 fully saturated rings. The highest BCUT2D eigenvalue weighted by Crippen LogP contribution is 2.40. The molecule has 1 amide bonds. The van der Waals surface area contributed by atoms with E-state index in [1.807, 2.05) is 41.9 Å². The third-order valence-electron chi connectivity index (χ3n) is 7.34. The van der Waals surface area contributed by atoms with Crippen LogP contribution >= 0.6 is 11.6 Å². The van der Waals surface area contributed by atoms with Crippen LogP contribution in [0, 0.1) is 5.92 Å². The van der Waals surface area contributed by atoms with Crippen LogP contribution in [0.1, 0.15) is 46.8 Å². The fraction of sp³-hybridized carbons (Fsp3) is 0.385. The number of aryl methyl sites for hydroxylation is 1. The first-order chi connectivity index (χ1) is 16.3. The number of amides is 1.